The fourth-order valence-corrected chi connectivity index (χ4v) is 4.83. The molecule has 0 aliphatic heterocycles. The molecule has 18 heavy (non-hydrogen) atoms. The van der Waals surface area contributed by atoms with Crippen LogP contribution in [0.1, 0.15) is 73.1 Å². The highest BCUT2D eigenvalue weighted by Crippen LogP contribution is 2.57. The quantitative estimate of drug-likeness (QED) is 0.685. The molecule has 0 heterocycles. The largest absolute Gasteiger partial charge is 0.300 e. The number of carbonyl (C=O) groups excluding carboxylic acids is 1. The molecule has 0 aromatic heterocycles. The third-order valence-electron chi connectivity index (χ3n) is 6.15. The molecular weight excluding hydrogens is 220 g/mol. The summed E-state index contributed by atoms with van der Waals surface area (Å²) in [4.78, 5) is 11.6. The van der Waals surface area contributed by atoms with Gasteiger partial charge in [0.15, 0.2) is 0 Å². The van der Waals surface area contributed by atoms with Crippen molar-refractivity contribution in [3.63, 3.8) is 0 Å². The van der Waals surface area contributed by atoms with E-state index >= 15 is 0 Å². The van der Waals surface area contributed by atoms with Crippen molar-refractivity contribution in [2.24, 2.45) is 28.6 Å². The predicted octanol–water partition coefficient (Wildman–Crippen LogP) is 4.84. The highest BCUT2D eigenvalue weighted by Gasteiger charge is 2.49. The van der Waals surface area contributed by atoms with Gasteiger partial charge >= 0.3 is 0 Å². The van der Waals surface area contributed by atoms with Gasteiger partial charge in [0.2, 0.25) is 0 Å². The smallest absolute Gasteiger partial charge is 0.130 e. The summed E-state index contributed by atoms with van der Waals surface area (Å²) >= 11 is 0. The first-order valence-electron chi connectivity index (χ1n) is 7.74. The molecule has 0 N–H and O–H groups in total. The Bertz CT molecular complexity index is 331. The molecule has 2 saturated carbocycles. The lowest BCUT2D eigenvalue weighted by atomic mass is 9.50. The summed E-state index contributed by atoms with van der Waals surface area (Å²) in [5, 5.41) is 0. The summed E-state index contributed by atoms with van der Waals surface area (Å²) in [6.07, 6.45) is 7.61. The average Bonchev–Trinajstić information content (AvgIpc) is 2.20. The van der Waals surface area contributed by atoms with Crippen LogP contribution in [0, 0.1) is 28.6 Å². The second-order valence-corrected chi connectivity index (χ2v) is 8.12. The van der Waals surface area contributed by atoms with E-state index < -0.39 is 0 Å². The fraction of sp³-hybridized carbons (Fsp3) is 0.941. The zero-order valence-electron chi connectivity index (χ0n) is 12.9. The van der Waals surface area contributed by atoms with Crippen LogP contribution in [0.4, 0.5) is 0 Å². The van der Waals surface area contributed by atoms with Crippen LogP contribution in [0.5, 0.6) is 0 Å². The molecule has 104 valence electrons. The molecule has 0 radical (unpaired) electrons. The van der Waals surface area contributed by atoms with Crippen LogP contribution >= 0.6 is 0 Å². The van der Waals surface area contributed by atoms with E-state index in [0.717, 1.165) is 18.3 Å². The summed E-state index contributed by atoms with van der Waals surface area (Å²) < 4.78 is 0. The van der Waals surface area contributed by atoms with E-state index in [2.05, 4.69) is 27.7 Å². The molecule has 2 fully saturated rings. The van der Waals surface area contributed by atoms with Crippen molar-refractivity contribution in [2.75, 3.05) is 0 Å². The molecule has 2 aliphatic carbocycles. The van der Waals surface area contributed by atoms with E-state index in [1.54, 1.807) is 6.92 Å². The summed E-state index contributed by atoms with van der Waals surface area (Å²) in [5.41, 5.74) is 0.739. The van der Waals surface area contributed by atoms with Crippen molar-refractivity contribution in [2.45, 2.75) is 73.1 Å². The van der Waals surface area contributed by atoms with Crippen LogP contribution in [0.15, 0.2) is 0 Å². The Morgan fingerprint density at radius 1 is 1.28 bits per heavy atom. The molecule has 1 nitrogen and oxygen atoms in total. The molecule has 4 atom stereocenters. The van der Waals surface area contributed by atoms with Gasteiger partial charge in [-0.15, -0.1) is 0 Å². The molecule has 0 spiro atoms. The topological polar surface area (TPSA) is 17.1 Å². The van der Waals surface area contributed by atoms with Gasteiger partial charge in [-0.3, -0.25) is 0 Å². The maximum absolute atomic E-state index is 11.6. The number of rotatable bonds is 2. The number of ketones is 1. The van der Waals surface area contributed by atoms with Gasteiger partial charge in [0.25, 0.3) is 0 Å². The molecule has 2 rings (SSSR count). The maximum Gasteiger partial charge on any atom is 0.130 e. The fourth-order valence-electron chi connectivity index (χ4n) is 4.83. The first-order chi connectivity index (χ1) is 8.24. The van der Waals surface area contributed by atoms with Crippen molar-refractivity contribution in [1.29, 1.82) is 0 Å². The summed E-state index contributed by atoms with van der Waals surface area (Å²) in [7, 11) is 0. The second kappa shape index (κ2) is 4.65. The van der Waals surface area contributed by atoms with Crippen molar-refractivity contribution >= 4 is 5.78 Å². The minimum Gasteiger partial charge on any atom is -0.300 e. The lowest BCUT2D eigenvalue weighted by Gasteiger charge is -2.54. The van der Waals surface area contributed by atoms with Gasteiger partial charge in [0.1, 0.15) is 5.78 Å². The van der Waals surface area contributed by atoms with Crippen molar-refractivity contribution in [3.05, 3.63) is 0 Å². The third-order valence-corrected chi connectivity index (χ3v) is 6.15. The SMILES string of the molecule is CC(=O)CC1(C)CC2C(CCCC2(C)C)CC1C. The number of hydrogen-bond acceptors (Lipinski definition) is 1. The zero-order valence-corrected chi connectivity index (χ0v) is 12.9. The Kier molecular flexibility index (Phi) is 3.64. The lowest BCUT2D eigenvalue weighted by Crippen LogP contribution is -2.46. The first kappa shape index (κ1) is 14.1. The standard InChI is InChI=1S/C17H30O/c1-12-9-14-7-6-8-16(3,4)15(14)11-17(12,5)10-13(2)18/h12,14-15H,6-11H2,1-5H3. The Morgan fingerprint density at radius 3 is 2.56 bits per heavy atom. The third kappa shape index (κ3) is 2.51. The van der Waals surface area contributed by atoms with E-state index in [-0.39, 0.29) is 5.41 Å². The molecule has 0 saturated heterocycles. The molecule has 0 aromatic carbocycles. The minimum atomic E-state index is 0.252. The second-order valence-electron chi connectivity index (χ2n) is 8.12. The average molecular weight is 250 g/mol. The first-order valence-corrected chi connectivity index (χ1v) is 7.74. The van der Waals surface area contributed by atoms with E-state index in [0.29, 0.717) is 17.1 Å². The Morgan fingerprint density at radius 2 is 1.94 bits per heavy atom. The van der Waals surface area contributed by atoms with Gasteiger partial charge in [-0.05, 0) is 54.8 Å². The lowest BCUT2D eigenvalue weighted by molar-refractivity contribution is -0.123. The monoisotopic (exact) mass is 250 g/mol. The Balaban J connectivity index is 2.20. The molecular formula is C17H30O. The normalized spacial score (nSPS) is 43.3. The number of hydrogen-bond donors (Lipinski definition) is 0. The van der Waals surface area contributed by atoms with Crippen LogP contribution in [0.3, 0.4) is 0 Å². The molecule has 0 bridgehead atoms. The van der Waals surface area contributed by atoms with Crippen LogP contribution < -0.4 is 0 Å². The van der Waals surface area contributed by atoms with Gasteiger partial charge in [0, 0.05) is 6.42 Å². The van der Waals surface area contributed by atoms with Crippen molar-refractivity contribution < 1.29 is 4.79 Å². The van der Waals surface area contributed by atoms with Gasteiger partial charge in [-0.25, -0.2) is 0 Å². The highest BCUT2D eigenvalue weighted by molar-refractivity contribution is 5.76. The molecule has 0 amide bonds. The van der Waals surface area contributed by atoms with Gasteiger partial charge < -0.3 is 4.79 Å². The molecule has 2 aliphatic rings. The summed E-state index contributed by atoms with van der Waals surface area (Å²) in [6.45, 7) is 11.4. The Hall–Kier alpha value is -0.330. The van der Waals surface area contributed by atoms with Crippen molar-refractivity contribution in [3.8, 4) is 0 Å². The van der Waals surface area contributed by atoms with E-state index in [1.807, 2.05) is 0 Å². The van der Waals surface area contributed by atoms with Crippen LogP contribution in [0.25, 0.3) is 0 Å². The number of Topliss-reactive ketones (excluding diaryl/α,β-unsaturated/α-hetero) is 1. The van der Waals surface area contributed by atoms with Gasteiger partial charge in [-0.1, -0.05) is 40.5 Å². The molecule has 1 heteroatoms. The zero-order chi connectivity index (χ0) is 13.6. The van der Waals surface area contributed by atoms with Crippen LogP contribution in [-0.4, -0.2) is 5.78 Å². The number of carbonyl (C=O) groups is 1. The van der Waals surface area contributed by atoms with Crippen LogP contribution in [-0.2, 0) is 4.79 Å². The van der Waals surface area contributed by atoms with Crippen molar-refractivity contribution in [1.82, 2.24) is 0 Å². The summed E-state index contributed by atoms with van der Waals surface area (Å²) in [5.74, 6) is 2.84. The van der Waals surface area contributed by atoms with Gasteiger partial charge in [0.05, 0.1) is 0 Å². The maximum atomic E-state index is 11.6. The molecule has 4 unspecified atom stereocenters. The Labute approximate surface area is 113 Å². The number of fused-ring (bicyclic) bond motifs is 1. The van der Waals surface area contributed by atoms with E-state index in [1.165, 1.54) is 32.1 Å². The van der Waals surface area contributed by atoms with E-state index in [4.69, 9.17) is 0 Å². The highest BCUT2D eigenvalue weighted by atomic mass is 16.1. The van der Waals surface area contributed by atoms with Gasteiger partial charge in [-0.2, -0.15) is 0 Å². The molecule has 0 aromatic rings. The van der Waals surface area contributed by atoms with E-state index in [9.17, 15) is 4.79 Å². The minimum absolute atomic E-state index is 0.252. The predicted molar refractivity (Wildman–Crippen MR) is 76.4 cm³/mol. The van der Waals surface area contributed by atoms with Crippen LogP contribution in [0.2, 0.25) is 0 Å². The summed E-state index contributed by atoms with van der Waals surface area (Å²) in [6, 6.07) is 0.